The van der Waals surface area contributed by atoms with Gasteiger partial charge in [-0.15, -0.1) is 11.3 Å². The van der Waals surface area contributed by atoms with Crippen molar-refractivity contribution in [2.45, 2.75) is 42.4 Å². The van der Waals surface area contributed by atoms with Crippen LogP contribution in [0.15, 0.2) is 16.3 Å². The van der Waals surface area contributed by atoms with Crippen LogP contribution in [0, 0.1) is 0 Å². The van der Waals surface area contributed by atoms with Crippen molar-refractivity contribution in [3.63, 3.8) is 0 Å². The van der Waals surface area contributed by atoms with Crippen LogP contribution < -0.4 is 5.32 Å². The van der Waals surface area contributed by atoms with Gasteiger partial charge in [-0.05, 0) is 31.9 Å². The summed E-state index contributed by atoms with van der Waals surface area (Å²) in [5, 5.41) is 20.7. The highest BCUT2D eigenvalue weighted by Crippen LogP contribution is 2.27. The van der Waals surface area contributed by atoms with Crippen LogP contribution in [-0.4, -0.2) is 60.0 Å². The number of amides is 1. The number of carbonyl (C=O) groups excluding carboxylic acids is 1. The first-order chi connectivity index (χ1) is 11.6. The summed E-state index contributed by atoms with van der Waals surface area (Å²) >= 11 is 1.03. The number of hydrogen-bond acceptors (Lipinski definition) is 6. The lowest BCUT2D eigenvalue weighted by Crippen LogP contribution is -2.46. The maximum Gasteiger partial charge on any atom is 0.337 e. The van der Waals surface area contributed by atoms with Crippen LogP contribution in [-0.2, 0) is 26.0 Å². The summed E-state index contributed by atoms with van der Waals surface area (Å²) in [4.78, 5) is 23.2. The Labute approximate surface area is 150 Å². The van der Waals surface area contributed by atoms with Gasteiger partial charge >= 0.3 is 5.97 Å². The normalized spacial score (nSPS) is 18.5. The van der Waals surface area contributed by atoms with E-state index in [0.717, 1.165) is 37.5 Å². The van der Waals surface area contributed by atoms with Gasteiger partial charge < -0.3 is 15.5 Å². The SMILES string of the molecule is CC(O)(CNC(=O)Cc1ccc(S(=O)(=O)N2CCCCC2)s1)C(=O)O. The number of aliphatic carboxylic acids is 1. The van der Waals surface area contributed by atoms with Crippen LogP contribution in [0.25, 0.3) is 0 Å². The average molecular weight is 390 g/mol. The molecule has 0 spiro atoms. The van der Waals surface area contributed by atoms with E-state index in [-0.39, 0.29) is 10.6 Å². The summed E-state index contributed by atoms with van der Waals surface area (Å²) in [6.45, 7) is 1.69. The van der Waals surface area contributed by atoms with Crippen molar-refractivity contribution in [1.29, 1.82) is 0 Å². The van der Waals surface area contributed by atoms with E-state index in [2.05, 4.69) is 5.32 Å². The number of piperidine rings is 1. The summed E-state index contributed by atoms with van der Waals surface area (Å²) in [5.41, 5.74) is -2.05. The third-order valence-electron chi connectivity index (χ3n) is 3.97. The molecule has 0 radical (unpaired) electrons. The molecule has 1 fully saturated rings. The fourth-order valence-electron chi connectivity index (χ4n) is 2.39. The Morgan fingerprint density at radius 1 is 1.28 bits per heavy atom. The van der Waals surface area contributed by atoms with Gasteiger partial charge in [0.05, 0.1) is 13.0 Å². The fraction of sp³-hybridized carbons (Fsp3) is 0.600. The van der Waals surface area contributed by atoms with Crippen LogP contribution in [0.1, 0.15) is 31.1 Å². The van der Waals surface area contributed by atoms with Gasteiger partial charge in [0.2, 0.25) is 5.91 Å². The zero-order valence-electron chi connectivity index (χ0n) is 13.9. The van der Waals surface area contributed by atoms with Gasteiger partial charge in [0.15, 0.2) is 5.60 Å². The highest BCUT2D eigenvalue weighted by atomic mass is 32.2. The summed E-state index contributed by atoms with van der Waals surface area (Å²) in [6, 6.07) is 3.07. The van der Waals surface area contributed by atoms with Crippen LogP contribution in [0.2, 0.25) is 0 Å². The second-order valence-electron chi connectivity index (χ2n) is 6.22. The van der Waals surface area contributed by atoms with Gasteiger partial charge in [0.1, 0.15) is 4.21 Å². The number of nitrogens with zero attached hydrogens (tertiary/aromatic N) is 1. The van der Waals surface area contributed by atoms with Gasteiger partial charge in [0, 0.05) is 18.0 Å². The minimum Gasteiger partial charge on any atom is -0.479 e. The quantitative estimate of drug-likeness (QED) is 0.620. The molecule has 1 aliphatic heterocycles. The molecule has 140 valence electrons. The number of hydrogen-bond donors (Lipinski definition) is 3. The molecule has 1 atom stereocenters. The first-order valence-electron chi connectivity index (χ1n) is 7.94. The highest BCUT2D eigenvalue weighted by molar-refractivity contribution is 7.91. The predicted molar refractivity (Wildman–Crippen MR) is 91.9 cm³/mol. The van der Waals surface area contributed by atoms with Crippen LogP contribution in [0.5, 0.6) is 0 Å². The molecule has 1 saturated heterocycles. The molecule has 1 aromatic heterocycles. The standard InChI is InChI=1S/C15H22N2O6S2/c1-15(21,14(19)20)10-16-12(18)9-11-5-6-13(24-11)25(22,23)17-7-3-2-4-8-17/h5-6,21H,2-4,7-10H2,1H3,(H,16,18)(H,19,20). The van der Waals surface area contributed by atoms with E-state index in [1.54, 1.807) is 6.07 Å². The first kappa shape index (κ1) is 19.8. The third kappa shape index (κ3) is 5.00. The lowest BCUT2D eigenvalue weighted by molar-refractivity contribution is -0.156. The van der Waals surface area contributed by atoms with Gasteiger partial charge in [-0.1, -0.05) is 6.42 Å². The monoisotopic (exact) mass is 390 g/mol. The van der Waals surface area contributed by atoms with Crippen LogP contribution in [0.4, 0.5) is 0 Å². The fourth-order valence-corrected chi connectivity index (χ4v) is 5.42. The van der Waals surface area contributed by atoms with E-state index in [4.69, 9.17) is 5.11 Å². The molecule has 0 bridgehead atoms. The number of rotatable bonds is 7. The minimum atomic E-state index is -3.52. The molecule has 1 aromatic rings. The summed E-state index contributed by atoms with van der Waals surface area (Å²) in [5.74, 6) is -1.91. The molecule has 2 rings (SSSR count). The van der Waals surface area contributed by atoms with E-state index in [1.807, 2.05) is 0 Å². The number of carboxylic acid groups (broad SMARTS) is 1. The number of nitrogens with one attached hydrogen (secondary N) is 1. The molecule has 0 saturated carbocycles. The molecule has 25 heavy (non-hydrogen) atoms. The Balaban J connectivity index is 1.97. The second kappa shape index (κ2) is 7.81. The van der Waals surface area contributed by atoms with Crippen molar-refractivity contribution in [1.82, 2.24) is 9.62 Å². The number of thiophene rings is 1. The van der Waals surface area contributed by atoms with Gasteiger partial charge in [-0.3, -0.25) is 4.79 Å². The van der Waals surface area contributed by atoms with Crippen LogP contribution in [0.3, 0.4) is 0 Å². The summed E-state index contributed by atoms with van der Waals surface area (Å²) in [7, 11) is -3.52. The number of carbonyl (C=O) groups is 2. The van der Waals surface area contributed by atoms with E-state index in [1.165, 1.54) is 10.4 Å². The van der Waals surface area contributed by atoms with E-state index in [9.17, 15) is 23.1 Å². The molecule has 1 aliphatic rings. The van der Waals surface area contributed by atoms with Gasteiger partial charge in [-0.25, -0.2) is 13.2 Å². The minimum absolute atomic E-state index is 0.0735. The van der Waals surface area contributed by atoms with Gasteiger partial charge in [-0.2, -0.15) is 4.31 Å². The van der Waals surface area contributed by atoms with E-state index in [0.29, 0.717) is 18.0 Å². The molecule has 1 unspecified atom stereocenters. The van der Waals surface area contributed by atoms with E-state index >= 15 is 0 Å². The smallest absolute Gasteiger partial charge is 0.337 e. The lowest BCUT2D eigenvalue weighted by atomic mass is 10.1. The third-order valence-corrected chi connectivity index (χ3v) is 7.42. The molecule has 2 heterocycles. The van der Waals surface area contributed by atoms with Crippen molar-refractivity contribution in [2.24, 2.45) is 0 Å². The number of sulfonamides is 1. The zero-order chi connectivity index (χ0) is 18.7. The predicted octanol–water partition coefficient (Wildman–Crippen LogP) is 0.417. The van der Waals surface area contributed by atoms with Gasteiger partial charge in [0.25, 0.3) is 10.0 Å². The molecular weight excluding hydrogens is 368 g/mol. The van der Waals surface area contributed by atoms with Crippen molar-refractivity contribution in [3.8, 4) is 0 Å². The molecule has 3 N–H and O–H groups in total. The Morgan fingerprint density at radius 3 is 2.52 bits per heavy atom. The Bertz CT molecular complexity index is 735. The zero-order valence-corrected chi connectivity index (χ0v) is 15.5. The highest BCUT2D eigenvalue weighted by Gasteiger charge is 2.30. The number of carboxylic acids is 1. The Hall–Kier alpha value is -1.49. The maximum absolute atomic E-state index is 12.6. The van der Waals surface area contributed by atoms with Crippen molar-refractivity contribution < 1.29 is 28.2 Å². The molecule has 0 aliphatic carbocycles. The summed E-state index contributed by atoms with van der Waals surface area (Å²) in [6.07, 6.45) is 2.66. The molecule has 0 aromatic carbocycles. The average Bonchev–Trinajstić information content (AvgIpc) is 3.03. The van der Waals surface area contributed by atoms with Crippen LogP contribution >= 0.6 is 11.3 Å². The van der Waals surface area contributed by atoms with Crippen molar-refractivity contribution in [3.05, 3.63) is 17.0 Å². The summed E-state index contributed by atoms with van der Waals surface area (Å²) < 4.78 is 26.8. The van der Waals surface area contributed by atoms with E-state index < -0.39 is 34.0 Å². The molecular formula is C15H22N2O6S2. The first-order valence-corrected chi connectivity index (χ1v) is 10.2. The topological polar surface area (TPSA) is 124 Å². The largest absolute Gasteiger partial charge is 0.479 e. The Kier molecular flexibility index (Phi) is 6.20. The lowest BCUT2D eigenvalue weighted by Gasteiger charge is -2.25. The second-order valence-corrected chi connectivity index (χ2v) is 9.55. The van der Waals surface area contributed by atoms with Crippen molar-refractivity contribution >= 4 is 33.2 Å². The molecule has 8 nitrogen and oxygen atoms in total. The Morgan fingerprint density at radius 2 is 1.92 bits per heavy atom. The number of aliphatic hydroxyl groups is 1. The molecule has 1 amide bonds. The van der Waals surface area contributed by atoms with Crippen molar-refractivity contribution in [2.75, 3.05) is 19.6 Å². The maximum atomic E-state index is 12.6. The molecule has 10 heteroatoms.